The van der Waals surface area contributed by atoms with Gasteiger partial charge in [0.2, 0.25) is 5.91 Å². The van der Waals surface area contributed by atoms with Gasteiger partial charge in [-0.05, 0) is 116 Å². The monoisotopic (exact) mass is 1220 g/mol. The highest BCUT2D eigenvalue weighted by Gasteiger charge is 2.51. The first kappa shape index (κ1) is 79.0. The number of carbonyl (C=O) groups is 1. The molecule has 2 rings (SSSR count). The lowest BCUT2D eigenvalue weighted by molar-refractivity contribution is -0.359. The maximum absolute atomic E-state index is 13.3. The van der Waals surface area contributed by atoms with Crippen molar-refractivity contribution >= 4 is 5.91 Å². The third kappa shape index (κ3) is 40.3. The number of carbonyl (C=O) groups excluding carboxylic acids is 1. The Morgan fingerprint density at radius 2 is 0.805 bits per heavy atom. The van der Waals surface area contributed by atoms with Crippen LogP contribution in [0.2, 0.25) is 0 Å². The molecule has 0 aromatic carbocycles. The number of amides is 1. The zero-order valence-electron chi connectivity index (χ0n) is 53.4. The van der Waals surface area contributed by atoms with Crippen LogP contribution in [-0.4, -0.2) is 140 Å². The van der Waals surface area contributed by atoms with Crippen molar-refractivity contribution in [1.82, 2.24) is 5.32 Å². The molecule has 2 aliphatic rings. The summed E-state index contributed by atoms with van der Waals surface area (Å²) in [7, 11) is 0. The second-order valence-electron chi connectivity index (χ2n) is 22.8. The van der Waals surface area contributed by atoms with E-state index in [1.165, 1.54) is 64.2 Å². The van der Waals surface area contributed by atoms with Gasteiger partial charge in [-0.25, -0.2) is 0 Å². The van der Waals surface area contributed by atoms with Crippen LogP contribution in [0.4, 0.5) is 0 Å². The Morgan fingerprint density at radius 1 is 0.425 bits per heavy atom. The predicted octanol–water partition coefficient (Wildman–Crippen LogP) is 13.3. The lowest BCUT2D eigenvalue weighted by Gasteiger charge is -2.46. The Morgan fingerprint density at radius 3 is 1.26 bits per heavy atom. The average Bonchev–Trinajstić information content (AvgIpc) is 2.59. The van der Waals surface area contributed by atoms with E-state index in [0.29, 0.717) is 12.8 Å². The molecule has 494 valence electrons. The van der Waals surface area contributed by atoms with Crippen LogP contribution in [0.15, 0.2) is 146 Å². The highest BCUT2D eigenvalue weighted by atomic mass is 16.7. The van der Waals surface area contributed by atoms with E-state index in [9.17, 15) is 45.6 Å². The molecule has 2 heterocycles. The minimum Gasteiger partial charge on any atom is -0.394 e. The Balaban J connectivity index is 1.74. The second-order valence-corrected chi connectivity index (χ2v) is 22.8. The molecule has 0 radical (unpaired) electrons. The molecule has 0 spiro atoms. The molecule has 14 heteroatoms. The molecule has 2 fully saturated rings. The molecule has 1 amide bonds. The number of hydrogen-bond acceptors (Lipinski definition) is 13. The maximum atomic E-state index is 13.3. The molecule has 12 atom stereocenters. The third-order valence-electron chi connectivity index (χ3n) is 15.2. The third-order valence-corrected chi connectivity index (χ3v) is 15.2. The van der Waals surface area contributed by atoms with E-state index >= 15 is 0 Å². The largest absolute Gasteiger partial charge is 0.394 e. The lowest BCUT2D eigenvalue weighted by Crippen LogP contribution is -2.65. The summed E-state index contributed by atoms with van der Waals surface area (Å²) < 4.78 is 22.8. The van der Waals surface area contributed by atoms with Crippen molar-refractivity contribution in [3.05, 3.63) is 146 Å². The van der Waals surface area contributed by atoms with Gasteiger partial charge in [0.15, 0.2) is 12.6 Å². The van der Waals surface area contributed by atoms with Crippen LogP contribution in [0.5, 0.6) is 0 Å². The van der Waals surface area contributed by atoms with Crippen molar-refractivity contribution in [3.63, 3.8) is 0 Å². The average molecular weight is 1220 g/mol. The van der Waals surface area contributed by atoms with Gasteiger partial charge < -0.3 is 65.1 Å². The number of allylic oxidation sites excluding steroid dienone is 23. The first-order valence-electron chi connectivity index (χ1n) is 33.6. The van der Waals surface area contributed by atoms with Crippen molar-refractivity contribution in [1.29, 1.82) is 0 Å². The van der Waals surface area contributed by atoms with Gasteiger partial charge in [-0.1, -0.05) is 237 Å². The number of hydrogen-bond donors (Lipinski definition) is 9. The van der Waals surface area contributed by atoms with Crippen molar-refractivity contribution in [2.75, 3.05) is 19.8 Å². The fourth-order valence-corrected chi connectivity index (χ4v) is 9.90. The first-order chi connectivity index (χ1) is 42.6. The van der Waals surface area contributed by atoms with Crippen LogP contribution < -0.4 is 5.32 Å². The Bertz CT molecular complexity index is 2020. The van der Waals surface area contributed by atoms with E-state index in [1.807, 2.05) is 6.08 Å². The van der Waals surface area contributed by atoms with Gasteiger partial charge in [-0.3, -0.25) is 4.79 Å². The molecular formula is C73H119NO13. The predicted molar refractivity (Wildman–Crippen MR) is 354 cm³/mol. The Kier molecular flexibility index (Phi) is 50.7. The minimum atomic E-state index is -1.80. The summed E-state index contributed by atoms with van der Waals surface area (Å²) in [5.74, 6) is -0.278. The molecule has 0 bridgehead atoms. The van der Waals surface area contributed by atoms with E-state index in [0.717, 1.165) is 116 Å². The number of aliphatic hydroxyl groups excluding tert-OH is 8. The summed E-state index contributed by atoms with van der Waals surface area (Å²) in [5.41, 5.74) is 0. The van der Waals surface area contributed by atoms with Gasteiger partial charge in [-0.15, -0.1) is 0 Å². The van der Waals surface area contributed by atoms with E-state index in [-0.39, 0.29) is 18.9 Å². The number of nitrogens with one attached hydrogen (secondary N) is 1. The number of ether oxygens (including phenoxy) is 4. The van der Waals surface area contributed by atoms with Crippen molar-refractivity contribution in [2.45, 2.75) is 286 Å². The number of unbranched alkanes of at least 4 members (excludes halogenated alkanes) is 17. The van der Waals surface area contributed by atoms with Gasteiger partial charge in [0.25, 0.3) is 0 Å². The van der Waals surface area contributed by atoms with E-state index in [2.05, 4.69) is 153 Å². The van der Waals surface area contributed by atoms with Gasteiger partial charge in [0.05, 0.1) is 32.0 Å². The standard InChI is InChI=1S/C73H119NO13/c1-3-5-7-9-11-13-15-17-19-21-23-25-26-27-28-29-30-31-32-33-34-35-36-37-39-41-43-45-47-49-51-53-55-57-65(78)74-61(62(77)56-54-52-50-48-46-44-42-40-38-24-22-20-18-16-14-12-10-8-6-4-2)60-84-72-70(83)68(81)71(64(59-76)86-72)87-73-69(82)67(80)66(79)63(58-75)85-73/h5,7,11,13,17,19,23,25,27-28,30-31,33-34,36-38,40-41,43,46,48,54,56,61-64,66-73,75-77,79-83H,3-4,6,8-10,12,14-16,18,20-22,24,26,29,32,35,39,42,44-45,47,49-53,55,57-60H2,1-2H3,(H,74,78)/b7-5-,13-11-,19-17-,25-23-,28-27-,31-30-,34-33-,37-36-,40-38+,43-41-,48-46+,56-54+. The summed E-state index contributed by atoms with van der Waals surface area (Å²) in [4.78, 5) is 13.3. The van der Waals surface area contributed by atoms with Gasteiger partial charge in [0, 0.05) is 6.42 Å². The van der Waals surface area contributed by atoms with E-state index in [1.54, 1.807) is 6.08 Å². The fourth-order valence-electron chi connectivity index (χ4n) is 9.90. The zero-order chi connectivity index (χ0) is 63.1. The van der Waals surface area contributed by atoms with Gasteiger partial charge in [0.1, 0.15) is 48.8 Å². The Hall–Kier alpha value is -4.13. The molecule has 2 aliphatic heterocycles. The van der Waals surface area contributed by atoms with Gasteiger partial charge >= 0.3 is 0 Å². The molecule has 12 unspecified atom stereocenters. The topological polar surface area (TPSA) is 228 Å². The molecule has 0 saturated carbocycles. The number of rotatable bonds is 52. The molecular weight excluding hydrogens is 1100 g/mol. The van der Waals surface area contributed by atoms with Crippen molar-refractivity contribution in [3.8, 4) is 0 Å². The quantitative estimate of drug-likeness (QED) is 0.0204. The molecule has 0 aliphatic carbocycles. The first-order valence-corrected chi connectivity index (χ1v) is 33.6. The highest BCUT2D eigenvalue weighted by Crippen LogP contribution is 2.30. The fraction of sp³-hybridized carbons (Fsp3) is 0.658. The molecule has 14 nitrogen and oxygen atoms in total. The van der Waals surface area contributed by atoms with Crippen LogP contribution in [0.1, 0.15) is 213 Å². The van der Waals surface area contributed by atoms with Crippen LogP contribution in [0.25, 0.3) is 0 Å². The summed E-state index contributed by atoms with van der Waals surface area (Å²) in [6.45, 7) is 2.63. The SMILES string of the molecule is CC/C=C\C/C=C\C/C=C\C/C=C\C/C=C\C/C=C\C/C=C\C/C=C\C/C=C\CCCCCCCC(=O)NC(COC1OC(CO)C(OC2OC(CO)C(O)C(O)C2O)C(O)C1O)C(O)/C=C/CC/C=C/CC/C=C/CCCCCCCCCCCC. The highest BCUT2D eigenvalue weighted by molar-refractivity contribution is 5.76. The van der Waals surface area contributed by atoms with Gasteiger partial charge in [-0.2, -0.15) is 0 Å². The van der Waals surface area contributed by atoms with Crippen molar-refractivity contribution < 1.29 is 64.6 Å². The van der Waals surface area contributed by atoms with Crippen LogP contribution in [0.3, 0.4) is 0 Å². The maximum Gasteiger partial charge on any atom is 0.220 e. The number of aliphatic hydroxyl groups is 8. The van der Waals surface area contributed by atoms with Crippen LogP contribution in [-0.2, 0) is 23.7 Å². The normalized spacial score (nSPS) is 24.3. The molecule has 2 saturated heterocycles. The molecule has 87 heavy (non-hydrogen) atoms. The minimum absolute atomic E-state index is 0.237. The second kappa shape index (κ2) is 55.9. The molecule has 0 aromatic rings. The lowest BCUT2D eigenvalue weighted by atomic mass is 9.97. The van der Waals surface area contributed by atoms with Crippen LogP contribution in [0, 0.1) is 0 Å². The molecule has 9 N–H and O–H groups in total. The molecule has 0 aromatic heterocycles. The van der Waals surface area contributed by atoms with E-state index in [4.69, 9.17) is 18.9 Å². The smallest absolute Gasteiger partial charge is 0.220 e. The zero-order valence-corrected chi connectivity index (χ0v) is 53.4. The van der Waals surface area contributed by atoms with E-state index < -0.39 is 86.8 Å². The summed E-state index contributed by atoms with van der Waals surface area (Å²) in [5, 5.41) is 87.3. The summed E-state index contributed by atoms with van der Waals surface area (Å²) >= 11 is 0. The summed E-state index contributed by atoms with van der Waals surface area (Å²) in [6, 6.07) is -0.961. The Labute approximate surface area is 525 Å². The van der Waals surface area contributed by atoms with Crippen molar-refractivity contribution in [2.24, 2.45) is 0 Å². The summed E-state index contributed by atoms with van der Waals surface area (Å²) in [6.07, 6.45) is 67.4. The van der Waals surface area contributed by atoms with Crippen LogP contribution >= 0.6 is 0 Å².